The summed E-state index contributed by atoms with van der Waals surface area (Å²) in [4.78, 5) is 0. The van der Waals surface area contributed by atoms with Gasteiger partial charge in [-0.15, -0.1) is 0 Å². The van der Waals surface area contributed by atoms with Crippen molar-refractivity contribution in [2.75, 3.05) is 12.9 Å². The molecule has 1 atom stereocenters. The molecule has 0 N–H and O–H groups in total. The van der Waals surface area contributed by atoms with Gasteiger partial charge in [0.25, 0.3) is 10.1 Å². The molecule has 2 rings (SSSR count). The number of rotatable bonds is 6. The fraction of sp³-hybridized carbons (Fsp3) is 0.250. The average molecular weight is 359 g/mol. The third-order valence-corrected chi connectivity index (χ3v) is 4.34. The molecule has 0 aliphatic heterocycles. The normalized spacial score (nSPS) is 13.0. The number of benzene rings is 2. The molecule has 0 fully saturated rings. The Morgan fingerprint density at radius 1 is 1.09 bits per heavy atom. The summed E-state index contributed by atoms with van der Waals surface area (Å²) in [5, 5.41) is 1.04. The molecule has 1 unspecified atom stereocenters. The predicted octanol–water partition coefficient (Wildman–Crippen LogP) is 4.30. The number of hydrogen-bond acceptors (Lipinski definition) is 3. The Kier molecular flexibility index (Phi) is 5.87. The third kappa shape index (κ3) is 5.29. The van der Waals surface area contributed by atoms with Crippen LogP contribution in [0.15, 0.2) is 48.5 Å². The Bertz CT molecular complexity index is 730. The molecule has 0 spiro atoms. The lowest BCUT2D eigenvalue weighted by atomic mass is 9.93. The van der Waals surface area contributed by atoms with E-state index in [1.54, 1.807) is 12.1 Å². The van der Waals surface area contributed by atoms with E-state index in [0.29, 0.717) is 16.5 Å². The quantitative estimate of drug-likeness (QED) is 0.723. The van der Waals surface area contributed by atoms with Crippen molar-refractivity contribution < 1.29 is 12.6 Å². The molecule has 0 aliphatic rings. The molecule has 6 heteroatoms. The zero-order chi connectivity index (χ0) is 16.2. The lowest BCUT2D eigenvalue weighted by Gasteiger charge is -2.18. The van der Waals surface area contributed by atoms with Crippen LogP contribution in [-0.2, 0) is 20.7 Å². The van der Waals surface area contributed by atoms with E-state index < -0.39 is 10.1 Å². The summed E-state index contributed by atoms with van der Waals surface area (Å²) >= 11 is 12.2. The van der Waals surface area contributed by atoms with E-state index >= 15 is 0 Å². The molecule has 0 amide bonds. The molecule has 22 heavy (non-hydrogen) atoms. The van der Waals surface area contributed by atoms with Gasteiger partial charge in [-0.3, -0.25) is 4.18 Å². The van der Waals surface area contributed by atoms with Crippen LogP contribution < -0.4 is 0 Å². The minimum Gasteiger partial charge on any atom is -0.270 e. The monoisotopic (exact) mass is 358 g/mol. The van der Waals surface area contributed by atoms with Crippen LogP contribution in [0.3, 0.4) is 0 Å². The molecule has 118 valence electrons. The summed E-state index contributed by atoms with van der Waals surface area (Å²) in [5.74, 6) is -0.179. The number of hydrogen-bond donors (Lipinski definition) is 0. The highest BCUT2D eigenvalue weighted by atomic mass is 35.5. The average Bonchev–Trinajstić information content (AvgIpc) is 2.44. The molecule has 0 radical (unpaired) electrons. The minimum absolute atomic E-state index is 0.0368. The predicted molar refractivity (Wildman–Crippen MR) is 90.1 cm³/mol. The first-order chi connectivity index (χ1) is 10.3. The molecule has 2 aromatic rings. The third-order valence-electron chi connectivity index (χ3n) is 3.21. The van der Waals surface area contributed by atoms with E-state index in [2.05, 4.69) is 0 Å². The maximum Gasteiger partial charge on any atom is 0.264 e. The van der Waals surface area contributed by atoms with Crippen molar-refractivity contribution in [2.45, 2.75) is 12.3 Å². The summed E-state index contributed by atoms with van der Waals surface area (Å²) in [6, 6.07) is 15.0. The van der Waals surface area contributed by atoms with Crippen molar-refractivity contribution >= 4 is 33.3 Å². The van der Waals surface area contributed by atoms with Crippen molar-refractivity contribution in [1.82, 2.24) is 0 Å². The summed E-state index contributed by atoms with van der Waals surface area (Å²) in [5.41, 5.74) is 1.90. The molecule has 3 nitrogen and oxygen atoms in total. The van der Waals surface area contributed by atoms with Crippen LogP contribution in [0.2, 0.25) is 10.0 Å². The molecule has 2 aromatic carbocycles. The zero-order valence-corrected chi connectivity index (χ0v) is 14.3. The van der Waals surface area contributed by atoms with Crippen molar-refractivity contribution in [1.29, 1.82) is 0 Å². The Morgan fingerprint density at radius 3 is 2.36 bits per heavy atom. The summed E-state index contributed by atoms with van der Waals surface area (Å²) in [6.07, 6.45) is 1.66. The van der Waals surface area contributed by atoms with Crippen LogP contribution in [0.4, 0.5) is 0 Å². The van der Waals surface area contributed by atoms with Gasteiger partial charge >= 0.3 is 0 Å². The van der Waals surface area contributed by atoms with Crippen LogP contribution in [0.1, 0.15) is 17.0 Å². The first-order valence-corrected chi connectivity index (χ1v) is 9.25. The van der Waals surface area contributed by atoms with Crippen LogP contribution in [0, 0.1) is 0 Å². The lowest BCUT2D eigenvalue weighted by Crippen LogP contribution is -2.15. The van der Waals surface area contributed by atoms with E-state index in [9.17, 15) is 8.42 Å². The topological polar surface area (TPSA) is 43.4 Å². The highest BCUT2D eigenvalue weighted by molar-refractivity contribution is 7.85. The van der Waals surface area contributed by atoms with E-state index in [1.807, 2.05) is 36.4 Å². The van der Waals surface area contributed by atoms with Crippen LogP contribution in [0.25, 0.3) is 0 Å². The van der Waals surface area contributed by atoms with Gasteiger partial charge in [-0.2, -0.15) is 8.42 Å². The molecule has 0 saturated carbocycles. The van der Waals surface area contributed by atoms with Gasteiger partial charge in [0.05, 0.1) is 12.9 Å². The van der Waals surface area contributed by atoms with Crippen molar-refractivity contribution in [2.24, 2.45) is 0 Å². The molecule has 0 heterocycles. The van der Waals surface area contributed by atoms with Crippen molar-refractivity contribution in [3.05, 3.63) is 69.7 Å². The smallest absolute Gasteiger partial charge is 0.264 e. The summed E-state index contributed by atoms with van der Waals surface area (Å²) in [6.45, 7) is 0.0368. The van der Waals surface area contributed by atoms with Gasteiger partial charge in [0.2, 0.25) is 0 Å². The largest absolute Gasteiger partial charge is 0.270 e. The van der Waals surface area contributed by atoms with Gasteiger partial charge in [0.1, 0.15) is 0 Å². The first kappa shape index (κ1) is 17.3. The summed E-state index contributed by atoms with van der Waals surface area (Å²) in [7, 11) is -3.51. The standard InChI is InChI=1S/C16H16Cl2O3S/c1-22(19,20)21-11-13(9-12-5-3-2-4-6-12)15-8-7-14(17)10-16(15)18/h2-8,10,13H,9,11H2,1H3. The molecule has 0 saturated heterocycles. The lowest BCUT2D eigenvalue weighted by molar-refractivity contribution is 0.293. The van der Waals surface area contributed by atoms with Gasteiger partial charge in [-0.1, -0.05) is 59.6 Å². The minimum atomic E-state index is -3.51. The van der Waals surface area contributed by atoms with Gasteiger partial charge in [-0.05, 0) is 29.7 Å². The Balaban J connectivity index is 2.28. The van der Waals surface area contributed by atoms with E-state index in [0.717, 1.165) is 17.4 Å². The van der Waals surface area contributed by atoms with E-state index in [-0.39, 0.29) is 12.5 Å². The maximum atomic E-state index is 11.3. The Hall–Kier alpha value is -1.07. The molecular weight excluding hydrogens is 343 g/mol. The molecule has 0 aliphatic carbocycles. The Labute approximate surface area is 141 Å². The first-order valence-electron chi connectivity index (χ1n) is 6.68. The van der Waals surface area contributed by atoms with Crippen molar-refractivity contribution in [3.8, 4) is 0 Å². The second-order valence-corrected chi connectivity index (χ2v) is 7.53. The molecular formula is C16H16Cl2O3S. The van der Waals surface area contributed by atoms with Crippen LogP contribution in [0.5, 0.6) is 0 Å². The fourth-order valence-electron chi connectivity index (χ4n) is 2.20. The SMILES string of the molecule is CS(=O)(=O)OCC(Cc1ccccc1)c1ccc(Cl)cc1Cl. The summed E-state index contributed by atoms with van der Waals surface area (Å²) < 4.78 is 27.5. The van der Waals surface area contributed by atoms with Crippen LogP contribution >= 0.6 is 23.2 Å². The highest BCUT2D eigenvalue weighted by Crippen LogP contribution is 2.30. The second-order valence-electron chi connectivity index (χ2n) is 5.04. The highest BCUT2D eigenvalue weighted by Gasteiger charge is 2.18. The van der Waals surface area contributed by atoms with E-state index in [4.69, 9.17) is 27.4 Å². The van der Waals surface area contributed by atoms with Crippen LogP contribution in [-0.4, -0.2) is 21.3 Å². The van der Waals surface area contributed by atoms with Gasteiger partial charge in [0, 0.05) is 16.0 Å². The fourth-order valence-corrected chi connectivity index (χ4v) is 3.17. The maximum absolute atomic E-state index is 11.3. The van der Waals surface area contributed by atoms with Gasteiger partial charge < -0.3 is 0 Å². The van der Waals surface area contributed by atoms with Gasteiger partial charge in [-0.25, -0.2) is 0 Å². The number of halogens is 2. The zero-order valence-electron chi connectivity index (χ0n) is 12.0. The van der Waals surface area contributed by atoms with Crippen molar-refractivity contribution in [3.63, 3.8) is 0 Å². The molecule has 0 bridgehead atoms. The molecule has 0 aromatic heterocycles. The second kappa shape index (κ2) is 7.47. The van der Waals surface area contributed by atoms with Gasteiger partial charge in [0.15, 0.2) is 0 Å². The van der Waals surface area contributed by atoms with E-state index in [1.165, 1.54) is 0 Å². The Morgan fingerprint density at radius 2 is 1.77 bits per heavy atom.